The Morgan fingerprint density at radius 3 is 2.63 bits per heavy atom. The van der Waals surface area contributed by atoms with Gasteiger partial charge in [-0.3, -0.25) is 0 Å². The fourth-order valence-corrected chi connectivity index (χ4v) is 2.82. The van der Waals surface area contributed by atoms with Crippen molar-refractivity contribution in [1.82, 2.24) is 5.32 Å². The fraction of sp³-hybridized carbons (Fsp3) is 0.375. The SMILES string of the molecule is Cc1ccc(CNCC(C)(O)c2ccsc2)cc1C. The number of rotatable bonds is 5. The molecule has 2 N–H and O–H groups in total. The second-order valence-corrected chi connectivity index (χ2v) is 6.09. The Bertz CT molecular complexity index is 532. The fourth-order valence-electron chi connectivity index (χ4n) is 2.04. The Hall–Kier alpha value is -1.16. The van der Waals surface area contributed by atoms with Gasteiger partial charge in [-0.05, 0) is 59.9 Å². The van der Waals surface area contributed by atoms with Crippen LogP contribution in [0.15, 0.2) is 35.0 Å². The van der Waals surface area contributed by atoms with E-state index in [1.807, 2.05) is 23.8 Å². The van der Waals surface area contributed by atoms with Crippen molar-refractivity contribution in [3.63, 3.8) is 0 Å². The minimum absolute atomic E-state index is 0.552. The van der Waals surface area contributed by atoms with Crippen molar-refractivity contribution in [3.05, 3.63) is 57.3 Å². The summed E-state index contributed by atoms with van der Waals surface area (Å²) in [6.07, 6.45) is 0. The van der Waals surface area contributed by atoms with Gasteiger partial charge >= 0.3 is 0 Å². The van der Waals surface area contributed by atoms with Crippen LogP contribution in [0, 0.1) is 13.8 Å². The molecule has 1 aromatic carbocycles. The minimum atomic E-state index is -0.806. The van der Waals surface area contributed by atoms with E-state index in [1.54, 1.807) is 11.3 Å². The minimum Gasteiger partial charge on any atom is -0.384 e. The largest absolute Gasteiger partial charge is 0.384 e. The first-order chi connectivity index (χ1) is 8.99. The van der Waals surface area contributed by atoms with Gasteiger partial charge in [0, 0.05) is 13.1 Å². The molecule has 0 saturated carbocycles. The van der Waals surface area contributed by atoms with Gasteiger partial charge in [0.05, 0.1) is 5.60 Å². The van der Waals surface area contributed by atoms with Crippen LogP contribution < -0.4 is 5.32 Å². The van der Waals surface area contributed by atoms with Crippen molar-refractivity contribution in [2.75, 3.05) is 6.54 Å². The molecule has 1 unspecified atom stereocenters. The lowest BCUT2D eigenvalue weighted by Gasteiger charge is -2.23. The lowest BCUT2D eigenvalue weighted by atomic mass is 9.99. The molecule has 0 spiro atoms. The van der Waals surface area contributed by atoms with E-state index >= 15 is 0 Å². The number of thiophene rings is 1. The zero-order chi connectivity index (χ0) is 13.9. The molecule has 0 bridgehead atoms. The van der Waals surface area contributed by atoms with Gasteiger partial charge in [0.25, 0.3) is 0 Å². The lowest BCUT2D eigenvalue weighted by Crippen LogP contribution is -2.34. The molecule has 3 heteroatoms. The van der Waals surface area contributed by atoms with E-state index in [-0.39, 0.29) is 0 Å². The van der Waals surface area contributed by atoms with E-state index < -0.39 is 5.60 Å². The normalized spacial score (nSPS) is 14.3. The van der Waals surface area contributed by atoms with Crippen molar-refractivity contribution in [1.29, 1.82) is 0 Å². The van der Waals surface area contributed by atoms with Crippen LogP contribution in [0.25, 0.3) is 0 Å². The number of hydrogen-bond donors (Lipinski definition) is 2. The van der Waals surface area contributed by atoms with Gasteiger partial charge in [0.15, 0.2) is 0 Å². The van der Waals surface area contributed by atoms with Gasteiger partial charge in [0.1, 0.15) is 0 Å². The van der Waals surface area contributed by atoms with Crippen molar-refractivity contribution in [3.8, 4) is 0 Å². The summed E-state index contributed by atoms with van der Waals surface area (Å²) in [6.45, 7) is 7.43. The van der Waals surface area contributed by atoms with Gasteiger partial charge in [-0.1, -0.05) is 18.2 Å². The Morgan fingerprint density at radius 1 is 1.21 bits per heavy atom. The van der Waals surface area contributed by atoms with Gasteiger partial charge in [-0.2, -0.15) is 11.3 Å². The highest BCUT2D eigenvalue weighted by molar-refractivity contribution is 7.08. The van der Waals surface area contributed by atoms with Crippen LogP contribution >= 0.6 is 11.3 Å². The van der Waals surface area contributed by atoms with Gasteiger partial charge in [0.2, 0.25) is 0 Å². The third kappa shape index (κ3) is 3.66. The van der Waals surface area contributed by atoms with E-state index in [2.05, 4.69) is 37.4 Å². The van der Waals surface area contributed by atoms with E-state index in [9.17, 15) is 5.11 Å². The Balaban J connectivity index is 1.91. The zero-order valence-electron chi connectivity index (χ0n) is 11.7. The van der Waals surface area contributed by atoms with Crippen LogP contribution in [-0.4, -0.2) is 11.7 Å². The average Bonchev–Trinajstić information content (AvgIpc) is 2.88. The second-order valence-electron chi connectivity index (χ2n) is 5.31. The standard InChI is InChI=1S/C16H21NOS/c1-12-4-5-14(8-13(12)2)9-17-11-16(3,18)15-6-7-19-10-15/h4-8,10,17-18H,9,11H2,1-3H3. The third-order valence-corrected chi connectivity index (χ3v) is 4.20. The molecule has 0 fully saturated rings. The van der Waals surface area contributed by atoms with Crippen LogP contribution in [0.3, 0.4) is 0 Å². The number of nitrogens with one attached hydrogen (secondary N) is 1. The van der Waals surface area contributed by atoms with Crippen molar-refractivity contribution >= 4 is 11.3 Å². The van der Waals surface area contributed by atoms with E-state index in [1.165, 1.54) is 16.7 Å². The maximum absolute atomic E-state index is 10.4. The van der Waals surface area contributed by atoms with Crippen molar-refractivity contribution in [2.45, 2.75) is 32.9 Å². The number of aryl methyl sites for hydroxylation is 2. The highest BCUT2D eigenvalue weighted by Gasteiger charge is 2.22. The third-order valence-electron chi connectivity index (χ3n) is 3.51. The molecular weight excluding hydrogens is 254 g/mol. The molecule has 1 atom stereocenters. The number of benzene rings is 1. The molecule has 0 radical (unpaired) electrons. The molecule has 0 saturated heterocycles. The molecule has 2 rings (SSSR count). The maximum Gasteiger partial charge on any atom is 0.1000 e. The quantitative estimate of drug-likeness (QED) is 0.877. The summed E-state index contributed by atoms with van der Waals surface area (Å²) in [5, 5.41) is 17.7. The highest BCUT2D eigenvalue weighted by Crippen LogP contribution is 2.22. The van der Waals surface area contributed by atoms with Gasteiger partial charge < -0.3 is 10.4 Å². The van der Waals surface area contributed by atoms with E-state index in [4.69, 9.17) is 0 Å². The number of hydrogen-bond acceptors (Lipinski definition) is 3. The number of aliphatic hydroxyl groups is 1. The molecule has 0 aliphatic heterocycles. The van der Waals surface area contributed by atoms with Crippen LogP contribution in [-0.2, 0) is 12.1 Å². The first-order valence-electron chi connectivity index (χ1n) is 6.51. The monoisotopic (exact) mass is 275 g/mol. The van der Waals surface area contributed by atoms with E-state index in [0.717, 1.165) is 12.1 Å². The summed E-state index contributed by atoms with van der Waals surface area (Å²) < 4.78 is 0. The molecule has 2 aromatic rings. The maximum atomic E-state index is 10.4. The zero-order valence-corrected chi connectivity index (χ0v) is 12.6. The van der Waals surface area contributed by atoms with Gasteiger partial charge in [-0.25, -0.2) is 0 Å². The Kier molecular flexibility index (Phi) is 4.40. The molecule has 1 heterocycles. The summed E-state index contributed by atoms with van der Waals surface area (Å²) >= 11 is 1.61. The highest BCUT2D eigenvalue weighted by atomic mass is 32.1. The molecule has 19 heavy (non-hydrogen) atoms. The molecule has 0 aliphatic carbocycles. The van der Waals surface area contributed by atoms with Crippen molar-refractivity contribution < 1.29 is 5.11 Å². The van der Waals surface area contributed by atoms with Crippen LogP contribution in [0.1, 0.15) is 29.2 Å². The average molecular weight is 275 g/mol. The first kappa shape index (κ1) is 14.3. The molecular formula is C16H21NOS. The second kappa shape index (κ2) is 5.87. The lowest BCUT2D eigenvalue weighted by molar-refractivity contribution is 0.0571. The summed E-state index contributed by atoms with van der Waals surface area (Å²) in [5.74, 6) is 0. The molecule has 102 valence electrons. The van der Waals surface area contributed by atoms with Crippen LogP contribution in [0.4, 0.5) is 0 Å². The predicted molar refractivity (Wildman–Crippen MR) is 81.5 cm³/mol. The van der Waals surface area contributed by atoms with Crippen LogP contribution in [0.2, 0.25) is 0 Å². The summed E-state index contributed by atoms with van der Waals surface area (Å²) in [4.78, 5) is 0. The predicted octanol–water partition coefficient (Wildman–Crippen LogP) is 3.36. The summed E-state index contributed by atoms with van der Waals surface area (Å²) in [6, 6.07) is 8.45. The Labute approximate surface area is 119 Å². The van der Waals surface area contributed by atoms with Crippen molar-refractivity contribution in [2.24, 2.45) is 0 Å². The van der Waals surface area contributed by atoms with E-state index in [0.29, 0.717) is 6.54 Å². The molecule has 1 aromatic heterocycles. The van der Waals surface area contributed by atoms with Gasteiger partial charge in [-0.15, -0.1) is 0 Å². The van der Waals surface area contributed by atoms with Crippen LogP contribution in [0.5, 0.6) is 0 Å². The first-order valence-corrected chi connectivity index (χ1v) is 7.45. The summed E-state index contributed by atoms with van der Waals surface area (Å²) in [5.41, 5.74) is 4.05. The summed E-state index contributed by atoms with van der Waals surface area (Å²) in [7, 11) is 0. The smallest absolute Gasteiger partial charge is 0.1000 e. The molecule has 0 amide bonds. The Morgan fingerprint density at radius 2 is 2.00 bits per heavy atom. The molecule has 2 nitrogen and oxygen atoms in total. The molecule has 0 aliphatic rings. The topological polar surface area (TPSA) is 32.3 Å².